The molecule has 3 rings (SSSR count). The highest BCUT2D eigenvalue weighted by Gasteiger charge is 2.36. The van der Waals surface area contributed by atoms with Crippen LogP contribution in [-0.4, -0.2) is 39.3 Å². The van der Waals surface area contributed by atoms with Crippen LogP contribution in [0.15, 0.2) is 54.7 Å². The third kappa shape index (κ3) is 4.54. The van der Waals surface area contributed by atoms with Crippen molar-refractivity contribution in [2.45, 2.75) is 25.9 Å². The van der Waals surface area contributed by atoms with Gasteiger partial charge in [-0.15, -0.1) is 0 Å². The fourth-order valence-electron chi connectivity index (χ4n) is 3.36. The van der Waals surface area contributed by atoms with Crippen LogP contribution in [0.5, 0.6) is 0 Å². The SMILES string of the molecule is CC(C(=O)O)C(NC(=O)C1CC(=O)N(Cc2ccccn2)C1)c1ccccc1. The number of aromatic nitrogens is 1. The minimum Gasteiger partial charge on any atom is -0.481 e. The van der Waals surface area contributed by atoms with Crippen molar-refractivity contribution in [1.82, 2.24) is 15.2 Å². The van der Waals surface area contributed by atoms with E-state index in [2.05, 4.69) is 10.3 Å². The standard InChI is InChI=1S/C21H23N3O4/c1-14(21(27)28)19(15-7-3-2-4-8-15)23-20(26)16-11-18(25)24(12-16)13-17-9-5-6-10-22-17/h2-10,14,16,19H,11-13H2,1H3,(H,23,26)(H,27,28). The van der Waals surface area contributed by atoms with Crippen molar-refractivity contribution in [2.75, 3.05) is 6.54 Å². The van der Waals surface area contributed by atoms with Crippen molar-refractivity contribution in [3.05, 3.63) is 66.0 Å². The lowest BCUT2D eigenvalue weighted by atomic mass is 9.93. The summed E-state index contributed by atoms with van der Waals surface area (Å²) >= 11 is 0. The average Bonchev–Trinajstić information content (AvgIpc) is 3.07. The van der Waals surface area contributed by atoms with Crippen molar-refractivity contribution < 1.29 is 19.5 Å². The molecule has 1 fully saturated rings. The van der Waals surface area contributed by atoms with E-state index < -0.39 is 23.8 Å². The van der Waals surface area contributed by atoms with E-state index in [1.54, 1.807) is 48.4 Å². The summed E-state index contributed by atoms with van der Waals surface area (Å²) in [7, 11) is 0. The van der Waals surface area contributed by atoms with Crippen LogP contribution in [0.2, 0.25) is 0 Å². The lowest BCUT2D eigenvalue weighted by molar-refractivity contribution is -0.142. The van der Waals surface area contributed by atoms with Gasteiger partial charge in [0.2, 0.25) is 11.8 Å². The van der Waals surface area contributed by atoms with E-state index in [0.29, 0.717) is 13.1 Å². The molecule has 0 radical (unpaired) electrons. The molecular weight excluding hydrogens is 358 g/mol. The molecule has 0 bridgehead atoms. The van der Waals surface area contributed by atoms with Crippen LogP contribution in [0.1, 0.15) is 30.6 Å². The smallest absolute Gasteiger partial charge is 0.308 e. The molecule has 1 aliphatic rings. The number of carboxylic acids is 1. The molecule has 0 saturated carbocycles. The van der Waals surface area contributed by atoms with E-state index in [4.69, 9.17) is 0 Å². The monoisotopic (exact) mass is 381 g/mol. The van der Waals surface area contributed by atoms with Gasteiger partial charge in [-0.3, -0.25) is 19.4 Å². The molecular formula is C21H23N3O4. The summed E-state index contributed by atoms with van der Waals surface area (Å²) in [5, 5.41) is 12.3. The fraction of sp³-hybridized carbons (Fsp3) is 0.333. The number of likely N-dealkylation sites (tertiary alicyclic amines) is 1. The molecule has 2 aromatic rings. The molecule has 0 spiro atoms. The number of carbonyl (C=O) groups excluding carboxylic acids is 2. The molecule has 2 heterocycles. The van der Waals surface area contributed by atoms with Gasteiger partial charge < -0.3 is 15.3 Å². The first-order chi connectivity index (χ1) is 13.5. The first-order valence-corrected chi connectivity index (χ1v) is 9.21. The van der Waals surface area contributed by atoms with Gasteiger partial charge in [-0.2, -0.15) is 0 Å². The molecule has 3 atom stereocenters. The van der Waals surface area contributed by atoms with Crippen LogP contribution in [0.4, 0.5) is 0 Å². The number of amides is 2. The van der Waals surface area contributed by atoms with E-state index in [1.807, 2.05) is 18.2 Å². The molecule has 7 heteroatoms. The lowest BCUT2D eigenvalue weighted by Gasteiger charge is -2.24. The quantitative estimate of drug-likeness (QED) is 0.764. The van der Waals surface area contributed by atoms with E-state index in [9.17, 15) is 19.5 Å². The van der Waals surface area contributed by atoms with Crippen LogP contribution >= 0.6 is 0 Å². The van der Waals surface area contributed by atoms with E-state index in [1.165, 1.54) is 0 Å². The van der Waals surface area contributed by atoms with Gasteiger partial charge in [0.15, 0.2) is 0 Å². The minimum absolute atomic E-state index is 0.103. The molecule has 1 aliphatic heterocycles. The fourth-order valence-corrected chi connectivity index (χ4v) is 3.36. The van der Waals surface area contributed by atoms with Gasteiger partial charge in [-0.25, -0.2) is 0 Å². The number of hydrogen-bond donors (Lipinski definition) is 2. The predicted molar refractivity (Wildman–Crippen MR) is 102 cm³/mol. The van der Waals surface area contributed by atoms with Gasteiger partial charge in [-0.1, -0.05) is 36.4 Å². The predicted octanol–water partition coefficient (Wildman–Crippen LogP) is 2.01. The van der Waals surface area contributed by atoms with Gasteiger partial charge in [0.05, 0.1) is 30.1 Å². The molecule has 2 N–H and O–H groups in total. The highest BCUT2D eigenvalue weighted by atomic mass is 16.4. The second-order valence-corrected chi connectivity index (χ2v) is 7.02. The van der Waals surface area contributed by atoms with Gasteiger partial charge in [0.25, 0.3) is 0 Å². The van der Waals surface area contributed by atoms with Crippen LogP contribution in [0.25, 0.3) is 0 Å². The summed E-state index contributed by atoms with van der Waals surface area (Å²) in [5.41, 5.74) is 1.49. The minimum atomic E-state index is -0.992. The Kier molecular flexibility index (Phi) is 6.03. The first-order valence-electron chi connectivity index (χ1n) is 9.21. The molecule has 1 saturated heterocycles. The second kappa shape index (κ2) is 8.65. The largest absolute Gasteiger partial charge is 0.481 e. The number of nitrogens with one attached hydrogen (secondary N) is 1. The van der Waals surface area contributed by atoms with E-state index in [-0.39, 0.29) is 18.2 Å². The van der Waals surface area contributed by atoms with Crippen molar-refractivity contribution in [3.8, 4) is 0 Å². The molecule has 0 aliphatic carbocycles. The highest BCUT2D eigenvalue weighted by molar-refractivity contribution is 5.89. The zero-order valence-electron chi connectivity index (χ0n) is 15.6. The molecule has 3 unspecified atom stereocenters. The Morgan fingerprint density at radius 3 is 2.57 bits per heavy atom. The van der Waals surface area contributed by atoms with Crippen LogP contribution in [0, 0.1) is 11.8 Å². The number of carbonyl (C=O) groups is 3. The van der Waals surface area contributed by atoms with E-state index in [0.717, 1.165) is 11.3 Å². The Morgan fingerprint density at radius 2 is 1.93 bits per heavy atom. The Morgan fingerprint density at radius 1 is 1.21 bits per heavy atom. The van der Waals surface area contributed by atoms with E-state index >= 15 is 0 Å². The zero-order valence-corrected chi connectivity index (χ0v) is 15.6. The Labute approximate surface area is 163 Å². The lowest BCUT2D eigenvalue weighted by Crippen LogP contribution is -2.39. The summed E-state index contributed by atoms with van der Waals surface area (Å²) in [6, 6.07) is 13.8. The molecule has 7 nitrogen and oxygen atoms in total. The molecule has 1 aromatic carbocycles. The molecule has 28 heavy (non-hydrogen) atoms. The van der Waals surface area contributed by atoms with Crippen molar-refractivity contribution in [2.24, 2.45) is 11.8 Å². The maximum atomic E-state index is 12.8. The number of nitrogens with zero attached hydrogens (tertiary/aromatic N) is 2. The maximum Gasteiger partial charge on any atom is 0.308 e. The summed E-state index contributed by atoms with van der Waals surface area (Å²) in [5.74, 6) is -2.71. The Bertz CT molecular complexity index is 841. The summed E-state index contributed by atoms with van der Waals surface area (Å²) in [4.78, 5) is 42.5. The van der Waals surface area contributed by atoms with Crippen LogP contribution < -0.4 is 5.32 Å². The zero-order chi connectivity index (χ0) is 20.1. The molecule has 2 amide bonds. The molecule has 146 valence electrons. The summed E-state index contributed by atoms with van der Waals surface area (Å²) in [6.45, 7) is 2.22. The number of pyridine rings is 1. The van der Waals surface area contributed by atoms with Crippen molar-refractivity contribution in [3.63, 3.8) is 0 Å². The third-order valence-corrected chi connectivity index (χ3v) is 5.01. The second-order valence-electron chi connectivity index (χ2n) is 7.02. The van der Waals surface area contributed by atoms with Crippen molar-refractivity contribution in [1.29, 1.82) is 0 Å². The van der Waals surface area contributed by atoms with Crippen molar-refractivity contribution >= 4 is 17.8 Å². The highest BCUT2D eigenvalue weighted by Crippen LogP contribution is 2.25. The topological polar surface area (TPSA) is 99.6 Å². The third-order valence-electron chi connectivity index (χ3n) is 5.01. The average molecular weight is 381 g/mol. The van der Waals surface area contributed by atoms with Gasteiger partial charge in [0, 0.05) is 19.2 Å². The Balaban J connectivity index is 1.68. The normalized spacial score (nSPS) is 18.5. The number of rotatable bonds is 7. The summed E-state index contributed by atoms with van der Waals surface area (Å²) in [6.07, 6.45) is 1.78. The number of aliphatic carboxylic acids is 1. The number of carboxylic acid groups (broad SMARTS) is 1. The summed E-state index contributed by atoms with van der Waals surface area (Å²) < 4.78 is 0. The Hall–Kier alpha value is -3.22. The number of hydrogen-bond acceptors (Lipinski definition) is 4. The first kappa shape index (κ1) is 19.5. The van der Waals surface area contributed by atoms with Gasteiger partial charge in [0.1, 0.15) is 0 Å². The maximum absolute atomic E-state index is 12.8. The molecule has 1 aromatic heterocycles. The van der Waals surface area contributed by atoms with Crippen LogP contribution in [0.3, 0.4) is 0 Å². The number of benzene rings is 1. The van der Waals surface area contributed by atoms with Gasteiger partial charge in [-0.05, 0) is 24.6 Å². The van der Waals surface area contributed by atoms with Gasteiger partial charge >= 0.3 is 5.97 Å². The van der Waals surface area contributed by atoms with Crippen LogP contribution in [-0.2, 0) is 20.9 Å².